The Balaban J connectivity index is 1.61. The number of aryl methyl sites for hydroxylation is 1. The van der Waals surface area contributed by atoms with Gasteiger partial charge in [0.15, 0.2) is 0 Å². The summed E-state index contributed by atoms with van der Waals surface area (Å²) in [6, 6.07) is 12.8. The fourth-order valence-electron chi connectivity index (χ4n) is 3.39. The zero-order chi connectivity index (χ0) is 21.3. The topological polar surface area (TPSA) is 86.9 Å². The lowest BCUT2D eigenvalue weighted by Gasteiger charge is -2.24. The van der Waals surface area contributed by atoms with Crippen LogP contribution in [0.1, 0.15) is 23.6 Å². The Hall–Kier alpha value is -3.45. The maximum atomic E-state index is 13.3. The third kappa shape index (κ3) is 4.11. The van der Waals surface area contributed by atoms with Crippen LogP contribution in [0.4, 0.5) is 10.1 Å². The first-order valence-corrected chi connectivity index (χ1v) is 9.66. The minimum Gasteiger partial charge on any atom is -0.332 e. The zero-order valence-electron chi connectivity index (χ0n) is 16.0. The molecular formula is C22H18ClFN4O2. The predicted molar refractivity (Wildman–Crippen MR) is 112 cm³/mol. The molecule has 0 spiro atoms. The molecule has 152 valence electrons. The van der Waals surface area contributed by atoms with E-state index in [0.29, 0.717) is 33.1 Å². The molecule has 0 aliphatic carbocycles. The minimum absolute atomic E-state index is 0.100. The number of benzene rings is 2. The molecule has 30 heavy (non-hydrogen) atoms. The van der Waals surface area contributed by atoms with Crippen LogP contribution in [0.15, 0.2) is 60.3 Å². The van der Waals surface area contributed by atoms with Crippen LogP contribution in [0.5, 0.6) is 0 Å². The normalized spacial score (nSPS) is 16.0. The van der Waals surface area contributed by atoms with Crippen molar-refractivity contribution in [2.45, 2.75) is 19.3 Å². The lowest BCUT2D eigenvalue weighted by Crippen LogP contribution is -2.31. The zero-order valence-corrected chi connectivity index (χ0v) is 16.8. The second kappa shape index (κ2) is 8.12. The molecule has 0 saturated heterocycles. The van der Waals surface area contributed by atoms with Gasteiger partial charge in [0.1, 0.15) is 5.82 Å². The molecule has 2 amide bonds. The summed E-state index contributed by atoms with van der Waals surface area (Å²) in [4.78, 5) is 24.9. The average molecular weight is 425 g/mol. The standard InChI is InChI=1S/C22H18ClFN4O2/c1-12-8-20(28-27-12)17-9-15(6-7-19(17)23)26-22(30)18-11-25-21(29)10-16(18)13-2-4-14(24)5-3-13/h2-9,11,16H,10H2,1H3,(H,25,29)(H,26,30)(H,27,28)/t16-/m0/s1. The largest absolute Gasteiger partial charge is 0.332 e. The average Bonchev–Trinajstić information content (AvgIpc) is 3.16. The van der Waals surface area contributed by atoms with Crippen molar-refractivity contribution in [3.8, 4) is 11.3 Å². The molecule has 0 radical (unpaired) electrons. The van der Waals surface area contributed by atoms with Gasteiger partial charge >= 0.3 is 0 Å². The first-order chi connectivity index (χ1) is 14.4. The number of H-pyrrole nitrogens is 1. The van der Waals surface area contributed by atoms with Crippen molar-refractivity contribution in [3.05, 3.63) is 82.4 Å². The molecule has 2 heterocycles. The third-order valence-electron chi connectivity index (χ3n) is 4.89. The third-order valence-corrected chi connectivity index (χ3v) is 5.22. The molecule has 1 aromatic heterocycles. The molecule has 8 heteroatoms. The van der Waals surface area contributed by atoms with Crippen molar-refractivity contribution in [3.63, 3.8) is 0 Å². The molecule has 1 aliphatic heterocycles. The minimum atomic E-state index is -0.472. The number of halogens is 2. The monoisotopic (exact) mass is 424 g/mol. The Bertz CT molecular complexity index is 1150. The number of carbonyl (C=O) groups is 2. The SMILES string of the molecule is Cc1cc(-c2cc(NC(=O)C3=CNC(=O)C[C@H]3c3ccc(F)cc3)ccc2Cl)n[nH]1. The summed E-state index contributed by atoms with van der Waals surface area (Å²) < 4.78 is 13.3. The lowest BCUT2D eigenvalue weighted by molar-refractivity contribution is -0.121. The van der Waals surface area contributed by atoms with Gasteiger partial charge < -0.3 is 10.6 Å². The first kappa shape index (κ1) is 19.8. The number of nitrogens with one attached hydrogen (secondary N) is 3. The number of nitrogens with zero attached hydrogens (tertiary/aromatic N) is 1. The summed E-state index contributed by atoms with van der Waals surface area (Å²) in [5.41, 5.74) is 3.85. The van der Waals surface area contributed by atoms with E-state index in [9.17, 15) is 14.0 Å². The number of aromatic amines is 1. The highest BCUT2D eigenvalue weighted by molar-refractivity contribution is 6.33. The molecule has 3 aromatic rings. The fourth-order valence-corrected chi connectivity index (χ4v) is 3.60. The van der Waals surface area contributed by atoms with Gasteiger partial charge in [-0.15, -0.1) is 0 Å². The van der Waals surface area contributed by atoms with E-state index in [0.717, 1.165) is 5.69 Å². The van der Waals surface area contributed by atoms with Gasteiger partial charge in [-0.25, -0.2) is 4.39 Å². The summed E-state index contributed by atoms with van der Waals surface area (Å²) >= 11 is 6.30. The van der Waals surface area contributed by atoms with Crippen LogP contribution in [0.2, 0.25) is 5.02 Å². The van der Waals surface area contributed by atoms with Crippen molar-refractivity contribution in [2.24, 2.45) is 0 Å². The summed E-state index contributed by atoms with van der Waals surface area (Å²) in [6.07, 6.45) is 1.51. The molecule has 1 atom stereocenters. The number of hydrogen-bond donors (Lipinski definition) is 3. The van der Waals surface area contributed by atoms with Crippen LogP contribution in [0.25, 0.3) is 11.3 Å². The van der Waals surface area contributed by atoms with Crippen molar-refractivity contribution in [1.29, 1.82) is 0 Å². The molecule has 4 rings (SSSR count). The highest BCUT2D eigenvalue weighted by Crippen LogP contribution is 2.33. The van der Waals surface area contributed by atoms with Crippen LogP contribution in [-0.4, -0.2) is 22.0 Å². The number of rotatable bonds is 4. The lowest BCUT2D eigenvalue weighted by atomic mass is 9.86. The Morgan fingerprint density at radius 2 is 1.97 bits per heavy atom. The van der Waals surface area contributed by atoms with Gasteiger partial charge in [-0.2, -0.15) is 5.10 Å². The molecular weight excluding hydrogens is 407 g/mol. The van der Waals surface area contributed by atoms with Gasteiger partial charge in [0, 0.05) is 41.1 Å². The Morgan fingerprint density at radius 1 is 1.20 bits per heavy atom. The molecule has 2 aromatic carbocycles. The molecule has 6 nitrogen and oxygen atoms in total. The summed E-state index contributed by atoms with van der Waals surface area (Å²) in [7, 11) is 0. The number of aromatic nitrogens is 2. The van der Waals surface area contributed by atoms with Gasteiger partial charge in [-0.05, 0) is 48.9 Å². The molecule has 3 N–H and O–H groups in total. The molecule has 1 aliphatic rings. The highest BCUT2D eigenvalue weighted by atomic mass is 35.5. The quantitative estimate of drug-likeness (QED) is 0.583. The van der Waals surface area contributed by atoms with Crippen molar-refractivity contribution < 1.29 is 14.0 Å². The summed E-state index contributed by atoms with van der Waals surface area (Å²) in [5, 5.41) is 13.0. The second-order valence-corrected chi connectivity index (χ2v) is 7.47. The van der Waals surface area contributed by atoms with Crippen molar-refractivity contribution in [2.75, 3.05) is 5.32 Å². The van der Waals surface area contributed by atoms with Gasteiger partial charge in [0.25, 0.3) is 5.91 Å². The Morgan fingerprint density at radius 3 is 2.67 bits per heavy atom. The van der Waals surface area contributed by atoms with Crippen LogP contribution in [0, 0.1) is 12.7 Å². The van der Waals surface area contributed by atoms with E-state index in [1.54, 1.807) is 30.3 Å². The highest BCUT2D eigenvalue weighted by Gasteiger charge is 2.29. The van der Waals surface area contributed by atoms with E-state index in [4.69, 9.17) is 11.6 Å². The van der Waals surface area contributed by atoms with Gasteiger partial charge in [0.05, 0.1) is 10.7 Å². The number of anilines is 1. The molecule has 0 fully saturated rings. The van der Waals surface area contributed by atoms with Crippen molar-refractivity contribution in [1.82, 2.24) is 15.5 Å². The van der Waals surface area contributed by atoms with E-state index in [-0.39, 0.29) is 24.1 Å². The van der Waals surface area contributed by atoms with Crippen LogP contribution >= 0.6 is 11.6 Å². The van der Waals surface area contributed by atoms with Crippen LogP contribution in [-0.2, 0) is 9.59 Å². The Kier molecular flexibility index (Phi) is 5.37. The first-order valence-electron chi connectivity index (χ1n) is 9.29. The number of hydrogen-bond acceptors (Lipinski definition) is 3. The van der Waals surface area contributed by atoms with Crippen molar-refractivity contribution >= 4 is 29.1 Å². The molecule has 0 unspecified atom stereocenters. The van der Waals surface area contributed by atoms with Gasteiger partial charge in [-0.3, -0.25) is 14.7 Å². The number of carbonyl (C=O) groups excluding carboxylic acids is 2. The summed E-state index contributed by atoms with van der Waals surface area (Å²) in [5.74, 6) is -1.42. The fraction of sp³-hybridized carbons (Fsp3) is 0.136. The van der Waals surface area contributed by atoms with Gasteiger partial charge in [-0.1, -0.05) is 23.7 Å². The maximum absolute atomic E-state index is 13.3. The Labute approximate surface area is 177 Å². The van der Waals surface area contributed by atoms with Crippen LogP contribution in [0.3, 0.4) is 0 Å². The summed E-state index contributed by atoms with van der Waals surface area (Å²) in [6.45, 7) is 1.88. The molecule has 0 saturated carbocycles. The van der Waals surface area contributed by atoms with Crippen LogP contribution < -0.4 is 10.6 Å². The van der Waals surface area contributed by atoms with Gasteiger partial charge in [0.2, 0.25) is 5.91 Å². The van der Waals surface area contributed by atoms with E-state index in [1.165, 1.54) is 18.3 Å². The number of amides is 2. The van der Waals surface area contributed by atoms with E-state index in [1.807, 2.05) is 13.0 Å². The molecule has 0 bridgehead atoms. The second-order valence-electron chi connectivity index (χ2n) is 7.06. The predicted octanol–water partition coefficient (Wildman–Crippen LogP) is 4.30. The smallest absolute Gasteiger partial charge is 0.253 e. The van der Waals surface area contributed by atoms with E-state index >= 15 is 0 Å². The van der Waals surface area contributed by atoms with E-state index < -0.39 is 5.92 Å². The maximum Gasteiger partial charge on any atom is 0.253 e. The van der Waals surface area contributed by atoms with E-state index in [2.05, 4.69) is 20.8 Å².